The fourth-order valence-electron chi connectivity index (χ4n) is 3.31. The molecule has 3 rings (SSSR count). The van der Waals surface area contributed by atoms with Crippen molar-refractivity contribution in [2.75, 3.05) is 14.1 Å². The minimum Gasteiger partial charge on any atom is -0.348 e. The molecule has 1 N–H and O–H groups in total. The van der Waals surface area contributed by atoms with Gasteiger partial charge in [-0.25, -0.2) is 0 Å². The molecule has 158 valence electrons. The second-order valence-corrected chi connectivity index (χ2v) is 7.77. The summed E-state index contributed by atoms with van der Waals surface area (Å²) in [5.41, 5.74) is 4.63. The Bertz CT molecular complexity index is 1130. The average Bonchev–Trinajstić information content (AvgIpc) is 2.78. The van der Waals surface area contributed by atoms with E-state index in [2.05, 4.69) is 5.32 Å². The lowest BCUT2D eigenvalue weighted by atomic mass is 9.94. The first-order valence-corrected chi connectivity index (χ1v) is 10.1. The van der Waals surface area contributed by atoms with Gasteiger partial charge in [0.25, 0.3) is 11.8 Å². The van der Waals surface area contributed by atoms with Crippen LogP contribution in [-0.4, -0.2) is 36.6 Å². The summed E-state index contributed by atoms with van der Waals surface area (Å²) in [5, 5.41) is 2.87. The molecule has 0 radical (unpaired) electrons. The number of hydrogen-bond acceptors (Lipinski definition) is 3. The Labute approximate surface area is 182 Å². The van der Waals surface area contributed by atoms with Crippen LogP contribution in [-0.2, 0) is 6.54 Å². The van der Waals surface area contributed by atoms with Crippen molar-refractivity contribution in [3.63, 3.8) is 0 Å². The van der Waals surface area contributed by atoms with Crippen molar-refractivity contribution in [1.29, 1.82) is 0 Å². The summed E-state index contributed by atoms with van der Waals surface area (Å²) in [6.07, 6.45) is 0. The van der Waals surface area contributed by atoms with Crippen LogP contribution in [0.25, 0.3) is 0 Å². The van der Waals surface area contributed by atoms with Crippen LogP contribution in [0.15, 0.2) is 66.7 Å². The van der Waals surface area contributed by atoms with Gasteiger partial charge in [0, 0.05) is 37.3 Å². The summed E-state index contributed by atoms with van der Waals surface area (Å²) in [6.45, 7) is 4.12. The molecule has 0 aromatic heterocycles. The Kier molecular flexibility index (Phi) is 6.65. The van der Waals surface area contributed by atoms with E-state index in [-0.39, 0.29) is 17.6 Å². The predicted octanol–water partition coefficient (Wildman–Crippen LogP) is 4.17. The minimum absolute atomic E-state index is 0.0746. The van der Waals surface area contributed by atoms with Crippen LogP contribution in [0.5, 0.6) is 0 Å². The highest BCUT2D eigenvalue weighted by atomic mass is 16.2. The van der Waals surface area contributed by atoms with E-state index in [1.807, 2.05) is 44.2 Å². The molecule has 0 fully saturated rings. The maximum atomic E-state index is 13.2. The molecule has 0 spiro atoms. The normalized spacial score (nSPS) is 10.5. The van der Waals surface area contributed by atoms with Gasteiger partial charge in [0.1, 0.15) is 0 Å². The number of carbonyl (C=O) groups excluding carboxylic acids is 3. The van der Waals surface area contributed by atoms with Gasteiger partial charge in [-0.2, -0.15) is 0 Å². The Morgan fingerprint density at radius 3 is 2.10 bits per heavy atom. The van der Waals surface area contributed by atoms with Crippen molar-refractivity contribution in [2.45, 2.75) is 20.4 Å². The van der Waals surface area contributed by atoms with E-state index >= 15 is 0 Å². The number of aryl methyl sites for hydroxylation is 2. The lowest BCUT2D eigenvalue weighted by molar-refractivity contribution is 0.0827. The number of ketones is 1. The van der Waals surface area contributed by atoms with Crippen LogP contribution in [0.2, 0.25) is 0 Å². The summed E-state index contributed by atoms with van der Waals surface area (Å²) in [4.78, 5) is 39.5. The fourth-order valence-corrected chi connectivity index (χ4v) is 3.31. The third kappa shape index (κ3) is 5.07. The van der Waals surface area contributed by atoms with Gasteiger partial charge >= 0.3 is 0 Å². The summed E-state index contributed by atoms with van der Waals surface area (Å²) >= 11 is 0. The molecule has 0 atom stereocenters. The van der Waals surface area contributed by atoms with Crippen molar-refractivity contribution in [3.8, 4) is 0 Å². The first-order valence-electron chi connectivity index (χ1n) is 10.1. The van der Waals surface area contributed by atoms with E-state index in [1.165, 1.54) is 4.90 Å². The molecule has 0 saturated heterocycles. The molecule has 0 aliphatic carbocycles. The molecule has 0 unspecified atom stereocenters. The van der Waals surface area contributed by atoms with Crippen molar-refractivity contribution in [1.82, 2.24) is 10.2 Å². The maximum absolute atomic E-state index is 13.2. The van der Waals surface area contributed by atoms with E-state index in [9.17, 15) is 14.4 Å². The molecule has 5 heteroatoms. The van der Waals surface area contributed by atoms with Gasteiger partial charge in [0.05, 0.1) is 5.56 Å². The second kappa shape index (κ2) is 9.39. The van der Waals surface area contributed by atoms with Crippen LogP contribution < -0.4 is 5.32 Å². The predicted molar refractivity (Wildman–Crippen MR) is 121 cm³/mol. The molecule has 5 nitrogen and oxygen atoms in total. The van der Waals surface area contributed by atoms with Gasteiger partial charge in [-0.3, -0.25) is 14.4 Å². The molecular weight excluding hydrogens is 388 g/mol. The summed E-state index contributed by atoms with van der Waals surface area (Å²) in [6, 6.07) is 19.7. The Hall–Kier alpha value is -3.73. The number of rotatable bonds is 6. The first-order chi connectivity index (χ1) is 14.8. The van der Waals surface area contributed by atoms with Gasteiger partial charge in [-0.1, -0.05) is 48.0 Å². The molecule has 3 aromatic rings. The minimum atomic E-state index is -0.317. The Morgan fingerprint density at radius 2 is 1.45 bits per heavy atom. The highest BCUT2D eigenvalue weighted by Crippen LogP contribution is 2.19. The van der Waals surface area contributed by atoms with Crippen molar-refractivity contribution < 1.29 is 14.4 Å². The molecule has 0 heterocycles. The van der Waals surface area contributed by atoms with Gasteiger partial charge in [0.2, 0.25) is 0 Å². The standard InChI is InChI=1S/C26H26N2O3/c1-17-9-10-18(2)23(15-17)24(29)21-7-5-6-8-22(21)25(30)27-16-19-11-13-20(14-12-19)26(31)28(3)4/h5-15H,16H2,1-4H3,(H,27,30). The average molecular weight is 415 g/mol. The molecule has 31 heavy (non-hydrogen) atoms. The number of carbonyl (C=O) groups is 3. The smallest absolute Gasteiger partial charge is 0.253 e. The Balaban J connectivity index is 1.77. The zero-order valence-corrected chi connectivity index (χ0v) is 18.2. The van der Waals surface area contributed by atoms with Gasteiger partial charge < -0.3 is 10.2 Å². The zero-order chi connectivity index (χ0) is 22.5. The SMILES string of the molecule is Cc1ccc(C)c(C(=O)c2ccccc2C(=O)NCc2ccc(C(=O)N(C)C)cc2)c1. The van der Waals surface area contributed by atoms with Crippen molar-refractivity contribution in [3.05, 3.63) is 106 Å². The molecular formula is C26H26N2O3. The van der Waals surface area contributed by atoms with E-state index in [0.29, 0.717) is 28.8 Å². The van der Waals surface area contributed by atoms with Gasteiger partial charge in [-0.05, 0) is 49.2 Å². The van der Waals surface area contributed by atoms with Crippen LogP contribution in [0.1, 0.15) is 53.3 Å². The van der Waals surface area contributed by atoms with Crippen LogP contribution >= 0.6 is 0 Å². The van der Waals surface area contributed by atoms with Crippen LogP contribution in [0.3, 0.4) is 0 Å². The lowest BCUT2D eigenvalue weighted by Gasteiger charge is -2.12. The fraction of sp³-hybridized carbons (Fsp3) is 0.192. The first kappa shape index (κ1) is 22.0. The molecule has 2 amide bonds. The van der Waals surface area contributed by atoms with E-state index in [4.69, 9.17) is 0 Å². The van der Waals surface area contributed by atoms with E-state index in [0.717, 1.165) is 16.7 Å². The number of nitrogens with zero attached hydrogens (tertiary/aromatic N) is 1. The van der Waals surface area contributed by atoms with Crippen molar-refractivity contribution >= 4 is 17.6 Å². The number of hydrogen-bond donors (Lipinski definition) is 1. The monoisotopic (exact) mass is 414 g/mol. The van der Waals surface area contributed by atoms with Crippen molar-refractivity contribution in [2.24, 2.45) is 0 Å². The number of benzene rings is 3. The molecule has 3 aromatic carbocycles. The van der Waals surface area contributed by atoms with E-state index < -0.39 is 0 Å². The molecule has 0 aliphatic rings. The Morgan fingerprint density at radius 1 is 0.806 bits per heavy atom. The number of nitrogens with one attached hydrogen (secondary N) is 1. The number of amides is 2. The quantitative estimate of drug-likeness (QED) is 0.616. The summed E-state index contributed by atoms with van der Waals surface area (Å²) in [7, 11) is 3.40. The maximum Gasteiger partial charge on any atom is 0.253 e. The highest BCUT2D eigenvalue weighted by molar-refractivity contribution is 6.16. The highest BCUT2D eigenvalue weighted by Gasteiger charge is 2.19. The second-order valence-electron chi connectivity index (χ2n) is 7.77. The molecule has 0 bridgehead atoms. The topological polar surface area (TPSA) is 66.5 Å². The summed E-state index contributed by atoms with van der Waals surface area (Å²) in [5.74, 6) is -0.560. The van der Waals surface area contributed by atoms with Gasteiger partial charge in [0.15, 0.2) is 5.78 Å². The molecule has 0 saturated carbocycles. The third-order valence-corrected chi connectivity index (χ3v) is 5.11. The van der Waals surface area contributed by atoms with Crippen LogP contribution in [0, 0.1) is 13.8 Å². The summed E-state index contributed by atoms with van der Waals surface area (Å²) < 4.78 is 0. The largest absolute Gasteiger partial charge is 0.348 e. The molecule has 0 aliphatic heterocycles. The van der Waals surface area contributed by atoms with Crippen LogP contribution in [0.4, 0.5) is 0 Å². The zero-order valence-electron chi connectivity index (χ0n) is 18.2. The van der Waals surface area contributed by atoms with E-state index in [1.54, 1.807) is 50.5 Å². The van der Waals surface area contributed by atoms with Gasteiger partial charge in [-0.15, -0.1) is 0 Å². The third-order valence-electron chi connectivity index (χ3n) is 5.11. The lowest BCUT2D eigenvalue weighted by Crippen LogP contribution is -2.25.